The largest absolute Gasteiger partial charge is 0.368 e. The van der Waals surface area contributed by atoms with Crippen molar-refractivity contribution in [2.24, 2.45) is 0 Å². The Labute approximate surface area is 217 Å². The van der Waals surface area contributed by atoms with E-state index in [2.05, 4.69) is 44.4 Å². The van der Waals surface area contributed by atoms with Crippen molar-refractivity contribution in [2.45, 2.75) is 36.6 Å². The van der Waals surface area contributed by atoms with Crippen LogP contribution in [0.25, 0.3) is 20.9 Å². The first kappa shape index (κ1) is 23.9. The van der Waals surface area contributed by atoms with Gasteiger partial charge in [0.15, 0.2) is 0 Å². The second-order valence-electron chi connectivity index (χ2n) is 9.85. The molecule has 0 spiro atoms. The third kappa shape index (κ3) is 4.52. The van der Waals surface area contributed by atoms with Crippen LogP contribution in [0, 0.1) is 0 Å². The number of hydrogen-bond acceptors (Lipinski definition) is 6. The second-order valence-corrected chi connectivity index (χ2v) is 12.7. The van der Waals surface area contributed by atoms with E-state index in [9.17, 15) is 8.42 Å². The van der Waals surface area contributed by atoms with Crippen LogP contribution in [0.1, 0.15) is 25.7 Å². The standard InChI is InChI=1S/C28H32N4O2S2/c33-36(34,28-21-29-20-22-6-1-2-8-24(22)28)32-13-4-3-7-23(32)11-14-30-15-17-31(18-16-30)26-9-5-10-27-25(26)12-19-35-27/h1-2,5-6,8-10,12,19-21,23H,3-4,7,11,13-18H2. The molecule has 0 N–H and O–H groups in total. The maximum atomic E-state index is 13.8. The highest BCUT2D eigenvalue weighted by molar-refractivity contribution is 7.89. The summed E-state index contributed by atoms with van der Waals surface area (Å²) in [7, 11) is -3.61. The first-order chi connectivity index (χ1) is 17.6. The monoisotopic (exact) mass is 520 g/mol. The van der Waals surface area contributed by atoms with E-state index in [0.29, 0.717) is 11.4 Å². The van der Waals surface area contributed by atoms with E-state index in [1.165, 1.54) is 22.0 Å². The smallest absolute Gasteiger partial charge is 0.245 e. The molecule has 2 saturated heterocycles. The van der Waals surface area contributed by atoms with Gasteiger partial charge in [-0.1, -0.05) is 36.8 Å². The summed E-state index contributed by atoms with van der Waals surface area (Å²) in [5.74, 6) is 0. The van der Waals surface area contributed by atoms with Crippen molar-refractivity contribution in [3.63, 3.8) is 0 Å². The van der Waals surface area contributed by atoms with Gasteiger partial charge in [-0.05, 0) is 49.4 Å². The number of sulfonamides is 1. The summed E-state index contributed by atoms with van der Waals surface area (Å²) >= 11 is 1.80. The summed E-state index contributed by atoms with van der Waals surface area (Å²) in [5.41, 5.74) is 1.33. The summed E-state index contributed by atoms with van der Waals surface area (Å²) in [6.45, 7) is 5.54. The minimum Gasteiger partial charge on any atom is -0.368 e. The quantitative estimate of drug-likeness (QED) is 0.350. The summed E-state index contributed by atoms with van der Waals surface area (Å²) in [4.78, 5) is 9.58. The molecule has 0 bridgehead atoms. The molecular formula is C28H32N4O2S2. The van der Waals surface area contributed by atoms with E-state index in [0.717, 1.165) is 69.2 Å². The van der Waals surface area contributed by atoms with Crippen molar-refractivity contribution in [1.82, 2.24) is 14.2 Å². The van der Waals surface area contributed by atoms with Crippen molar-refractivity contribution < 1.29 is 8.42 Å². The molecule has 2 aromatic carbocycles. The van der Waals surface area contributed by atoms with Crippen molar-refractivity contribution in [3.8, 4) is 0 Å². The molecule has 6 nitrogen and oxygen atoms in total. The maximum Gasteiger partial charge on any atom is 0.245 e. The molecule has 0 saturated carbocycles. The number of rotatable bonds is 6. The Bertz CT molecular complexity index is 1460. The normalized spacial score (nSPS) is 20.3. The van der Waals surface area contributed by atoms with Gasteiger partial charge >= 0.3 is 0 Å². The number of piperidine rings is 1. The molecule has 2 aromatic heterocycles. The van der Waals surface area contributed by atoms with Crippen LogP contribution in [0.2, 0.25) is 0 Å². The highest BCUT2D eigenvalue weighted by Gasteiger charge is 2.35. The van der Waals surface area contributed by atoms with Crippen LogP contribution in [0.5, 0.6) is 0 Å². The lowest BCUT2D eigenvalue weighted by atomic mass is 10.0. The lowest BCUT2D eigenvalue weighted by molar-refractivity contribution is 0.193. The molecule has 0 radical (unpaired) electrons. The Hall–Kier alpha value is -2.52. The number of thiophene rings is 1. The third-order valence-corrected chi connectivity index (χ3v) is 10.6. The molecule has 36 heavy (non-hydrogen) atoms. The van der Waals surface area contributed by atoms with E-state index < -0.39 is 10.0 Å². The first-order valence-corrected chi connectivity index (χ1v) is 15.2. The van der Waals surface area contributed by atoms with Crippen LogP contribution in [-0.4, -0.2) is 67.9 Å². The zero-order valence-corrected chi connectivity index (χ0v) is 22.1. The van der Waals surface area contributed by atoms with Crippen LogP contribution >= 0.6 is 11.3 Å². The Morgan fingerprint density at radius 1 is 0.889 bits per heavy atom. The Kier molecular flexibility index (Phi) is 6.69. The summed E-state index contributed by atoms with van der Waals surface area (Å²) in [5, 5.41) is 5.14. The number of anilines is 1. The van der Waals surface area contributed by atoms with Gasteiger partial charge in [0.25, 0.3) is 0 Å². The molecule has 2 aliphatic rings. The fourth-order valence-corrected chi connectivity index (χ4v) is 8.49. The lowest BCUT2D eigenvalue weighted by Crippen LogP contribution is -2.49. The molecule has 0 amide bonds. The van der Waals surface area contributed by atoms with Crippen LogP contribution in [0.4, 0.5) is 5.69 Å². The van der Waals surface area contributed by atoms with Gasteiger partial charge in [-0.2, -0.15) is 4.31 Å². The highest BCUT2D eigenvalue weighted by Crippen LogP contribution is 2.32. The van der Waals surface area contributed by atoms with Gasteiger partial charge in [-0.25, -0.2) is 8.42 Å². The van der Waals surface area contributed by atoms with E-state index in [1.54, 1.807) is 21.8 Å². The molecule has 4 aromatic rings. The van der Waals surface area contributed by atoms with Crippen molar-refractivity contribution in [1.29, 1.82) is 0 Å². The van der Waals surface area contributed by atoms with Crippen LogP contribution in [0.15, 0.2) is 71.2 Å². The van der Waals surface area contributed by atoms with Crippen molar-refractivity contribution in [2.75, 3.05) is 44.2 Å². The highest BCUT2D eigenvalue weighted by atomic mass is 32.2. The lowest BCUT2D eigenvalue weighted by Gasteiger charge is -2.39. The Morgan fingerprint density at radius 2 is 1.75 bits per heavy atom. The van der Waals surface area contributed by atoms with E-state index in [-0.39, 0.29) is 6.04 Å². The van der Waals surface area contributed by atoms with Gasteiger partial charge in [-0.15, -0.1) is 11.3 Å². The average Bonchev–Trinajstić information content (AvgIpc) is 3.41. The molecule has 6 rings (SSSR count). The minimum atomic E-state index is -3.61. The zero-order valence-electron chi connectivity index (χ0n) is 20.4. The number of aromatic nitrogens is 1. The van der Waals surface area contributed by atoms with E-state index in [1.807, 2.05) is 24.3 Å². The number of hydrogen-bond donors (Lipinski definition) is 0. The molecule has 188 valence electrons. The SMILES string of the molecule is O=S(=O)(c1cncc2ccccc12)N1CCCCC1CCN1CCN(c2cccc3sccc23)CC1. The number of piperazine rings is 1. The molecule has 0 aliphatic carbocycles. The number of benzene rings is 2. The number of pyridine rings is 1. The fourth-order valence-electron chi connectivity index (χ4n) is 5.80. The first-order valence-electron chi connectivity index (χ1n) is 12.9. The molecule has 2 fully saturated rings. The average molecular weight is 521 g/mol. The minimum absolute atomic E-state index is 0.0419. The molecular weight excluding hydrogens is 488 g/mol. The number of fused-ring (bicyclic) bond motifs is 2. The fraction of sp³-hybridized carbons (Fsp3) is 0.393. The van der Waals surface area contributed by atoms with Crippen LogP contribution < -0.4 is 4.90 Å². The van der Waals surface area contributed by atoms with Crippen molar-refractivity contribution >= 4 is 47.9 Å². The van der Waals surface area contributed by atoms with Gasteiger partial charge in [-0.3, -0.25) is 9.88 Å². The van der Waals surface area contributed by atoms with Gasteiger partial charge in [0.2, 0.25) is 10.0 Å². The van der Waals surface area contributed by atoms with Gasteiger partial charge in [0.1, 0.15) is 4.90 Å². The Balaban J connectivity index is 1.13. The predicted molar refractivity (Wildman–Crippen MR) is 148 cm³/mol. The predicted octanol–water partition coefficient (Wildman–Crippen LogP) is 5.21. The van der Waals surface area contributed by atoms with E-state index in [4.69, 9.17) is 0 Å². The third-order valence-electron chi connectivity index (χ3n) is 7.76. The summed E-state index contributed by atoms with van der Waals surface area (Å²) < 4.78 is 30.7. The number of nitrogens with zero attached hydrogens (tertiary/aromatic N) is 4. The molecule has 1 unspecified atom stereocenters. The van der Waals surface area contributed by atoms with Gasteiger partial charge in [0, 0.05) is 77.7 Å². The molecule has 8 heteroatoms. The maximum absolute atomic E-state index is 13.8. The van der Waals surface area contributed by atoms with Crippen LogP contribution in [0.3, 0.4) is 0 Å². The molecule has 4 heterocycles. The summed E-state index contributed by atoms with van der Waals surface area (Å²) in [6, 6.07) is 16.5. The van der Waals surface area contributed by atoms with E-state index >= 15 is 0 Å². The van der Waals surface area contributed by atoms with Crippen molar-refractivity contribution in [3.05, 3.63) is 66.3 Å². The van der Waals surface area contributed by atoms with Crippen LogP contribution in [-0.2, 0) is 10.0 Å². The summed E-state index contributed by atoms with van der Waals surface area (Å²) in [6.07, 6.45) is 7.07. The molecule has 1 atom stereocenters. The van der Waals surface area contributed by atoms with Gasteiger partial charge in [0.05, 0.1) is 0 Å². The zero-order chi connectivity index (χ0) is 24.5. The Morgan fingerprint density at radius 3 is 2.64 bits per heavy atom. The van der Waals surface area contributed by atoms with Gasteiger partial charge < -0.3 is 4.90 Å². The molecule has 2 aliphatic heterocycles. The topological polar surface area (TPSA) is 56.8 Å². The second kappa shape index (κ2) is 10.1.